The molecule has 7 heteroatoms. The van der Waals surface area contributed by atoms with Gasteiger partial charge < -0.3 is 9.63 Å². The number of hydrogen-bond donors (Lipinski definition) is 1. The summed E-state index contributed by atoms with van der Waals surface area (Å²) < 4.78 is 18.8. The van der Waals surface area contributed by atoms with Gasteiger partial charge in [0.15, 0.2) is 11.8 Å². The number of likely N-dealkylation sites (tertiary alicyclic amines) is 1. The standard InChI is InChI=1S/C22H22FN3O3/c1-13(25-10-3-2-4-11-25)26-21(27)17-7-5-6-16(19(17)22(26)28)20-15-9-8-14(23)12-18(15)29-24-20/h5-9,12-13,22,28H,2-4,10-11H2,1H3. The number of fused-ring (bicyclic) bond motifs is 2. The summed E-state index contributed by atoms with van der Waals surface area (Å²) in [4.78, 5) is 17.0. The highest BCUT2D eigenvalue weighted by Crippen LogP contribution is 2.42. The van der Waals surface area contributed by atoms with Crippen LogP contribution >= 0.6 is 0 Å². The average molecular weight is 395 g/mol. The SMILES string of the molecule is CC(N1CCCCC1)N1C(=O)c2cccc(-c3noc4cc(F)ccc34)c2C1O. The third-order valence-corrected chi connectivity index (χ3v) is 6.10. The molecule has 6 nitrogen and oxygen atoms in total. The Bertz CT molecular complexity index is 1090. The second-order valence-electron chi connectivity index (χ2n) is 7.75. The highest BCUT2D eigenvalue weighted by molar-refractivity contribution is 6.03. The van der Waals surface area contributed by atoms with Crippen molar-refractivity contribution in [1.29, 1.82) is 0 Å². The summed E-state index contributed by atoms with van der Waals surface area (Å²) in [5.74, 6) is -0.596. The summed E-state index contributed by atoms with van der Waals surface area (Å²) in [7, 11) is 0. The number of halogens is 1. The van der Waals surface area contributed by atoms with Crippen LogP contribution in [0.3, 0.4) is 0 Å². The monoisotopic (exact) mass is 395 g/mol. The predicted octanol–water partition coefficient (Wildman–Crippen LogP) is 3.91. The fourth-order valence-corrected chi connectivity index (χ4v) is 4.57. The molecular weight excluding hydrogens is 373 g/mol. The Kier molecular flexibility index (Phi) is 4.37. The van der Waals surface area contributed by atoms with E-state index in [1.807, 2.05) is 13.0 Å². The molecule has 1 aromatic heterocycles. The number of hydrogen-bond acceptors (Lipinski definition) is 5. The summed E-state index contributed by atoms with van der Waals surface area (Å²) in [6.07, 6.45) is 2.12. The molecule has 3 aromatic rings. The van der Waals surface area contributed by atoms with Gasteiger partial charge in [-0.2, -0.15) is 0 Å². The van der Waals surface area contributed by atoms with Gasteiger partial charge in [-0.25, -0.2) is 4.39 Å². The molecule has 2 unspecified atom stereocenters. The molecule has 2 aliphatic heterocycles. The van der Waals surface area contributed by atoms with Crippen LogP contribution in [0, 0.1) is 5.82 Å². The lowest BCUT2D eigenvalue weighted by Gasteiger charge is -2.39. The molecule has 5 rings (SSSR count). The summed E-state index contributed by atoms with van der Waals surface area (Å²) >= 11 is 0. The van der Waals surface area contributed by atoms with Gasteiger partial charge in [-0.3, -0.25) is 14.6 Å². The van der Waals surface area contributed by atoms with Crippen molar-refractivity contribution in [3.63, 3.8) is 0 Å². The second kappa shape index (κ2) is 6.93. The Morgan fingerprint density at radius 2 is 1.93 bits per heavy atom. The molecule has 1 N–H and O–H groups in total. The zero-order chi connectivity index (χ0) is 20.1. The topological polar surface area (TPSA) is 69.8 Å². The van der Waals surface area contributed by atoms with Crippen molar-refractivity contribution in [3.05, 3.63) is 53.3 Å². The van der Waals surface area contributed by atoms with Crippen LogP contribution < -0.4 is 0 Å². The lowest BCUT2D eigenvalue weighted by molar-refractivity contribution is -0.0462. The maximum atomic E-state index is 13.5. The van der Waals surface area contributed by atoms with Gasteiger partial charge in [-0.1, -0.05) is 23.7 Å². The summed E-state index contributed by atoms with van der Waals surface area (Å²) in [6, 6.07) is 9.55. The minimum Gasteiger partial charge on any atom is -0.369 e. The molecule has 29 heavy (non-hydrogen) atoms. The zero-order valence-electron chi connectivity index (χ0n) is 16.1. The molecule has 1 amide bonds. The summed E-state index contributed by atoms with van der Waals surface area (Å²) in [6.45, 7) is 3.80. The Balaban J connectivity index is 1.57. The third kappa shape index (κ3) is 2.84. The Hall–Kier alpha value is -2.77. The quantitative estimate of drug-likeness (QED) is 0.728. The number of amides is 1. The van der Waals surface area contributed by atoms with Gasteiger partial charge in [-0.15, -0.1) is 0 Å². The molecule has 0 radical (unpaired) electrons. The Labute approximate surface area is 167 Å². The van der Waals surface area contributed by atoms with E-state index in [1.54, 1.807) is 23.1 Å². The Morgan fingerprint density at radius 3 is 2.72 bits per heavy atom. The lowest BCUT2D eigenvalue weighted by Crippen LogP contribution is -2.49. The van der Waals surface area contributed by atoms with E-state index in [0.717, 1.165) is 25.9 Å². The van der Waals surface area contributed by atoms with Crippen molar-refractivity contribution in [2.75, 3.05) is 13.1 Å². The maximum absolute atomic E-state index is 13.5. The van der Waals surface area contributed by atoms with Crippen LogP contribution in [0.1, 0.15) is 48.3 Å². The number of nitrogens with zero attached hydrogens (tertiary/aromatic N) is 3. The van der Waals surface area contributed by atoms with Crippen LogP contribution in [0.2, 0.25) is 0 Å². The van der Waals surface area contributed by atoms with Crippen molar-refractivity contribution >= 4 is 16.9 Å². The van der Waals surface area contributed by atoms with E-state index in [-0.39, 0.29) is 12.1 Å². The van der Waals surface area contributed by atoms with Crippen molar-refractivity contribution in [2.24, 2.45) is 0 Å². The van der Waals surface area contributed by atoms with Crippen molar-refractivity contribution in [1.82, 2.24) is 15.0 Å². The number of piperidine rings is 1. The minimum atomic E-state index is -1.07. The van der Waals surface area contributed by atoms with Gasteiger partial charge in [-0.05, 0) is 38.0 Å². The molecule has 2 atom stereocenters. The van der Waals surface area contributed by atoms with Crippen LogP contribution in [-0.4, -0.2) is 45.2 Å². The number of carbonyl (C=O) groups excluding carboxylic acids is 1. The third-order valence-electron chi connectivity index (χ3n) is 6.10. The fourth-order valence-electron chi connectivity index (χ4n) is 4.57. The van der Waals surface area contributed by atoms with E-state index < -0.39 is 12.0 Å². The number of carbonyl (C=O) groups is 1. The Morgan fingerprint density at radius 1 is 1.17 bits per heavy atom. The molecule has 1 fully saturated rings. The van der Waals surface area contributed by atoms with Crippen LogP contribution in [0.5, 0.6) is 0 Å². The predicted molar refractivity (Wildman–Crippen MR) is 105 cm³/mol. The first-order chi connectivity index (χ1) is 14.1. The first-order valence-electron chi connectivity index (χ1n) is 9.99. The van der Waals surface area contributed by atoms with E-state index in [2.05, 4.69) is 10.1 Å². The van der Waals surface area contributed by atoms with Crippen molar-refractivity contribution < 1.29 is 18.8 Å². The van der Waals surface area contributed by atoms with Gasteiger partial charge in [0.05, 0.1) is 6.17 Å². The molecule has 0 spiro atoms. The van der Waals surface area contributed by atoms with Gasteiger partial charge >= 0.3 is 0 Å². The molecule has 150 valence electrons. The summed E-state index contributed by atoms with van der Waals surface area (Å²) in [5.41, 5.74) is 2.45. The van der Waals surface area contributed by atoms with Crippen LogP contribution in [0.15, 0.2) is 40.9 Å². The average Bonchev–Trinajstić information content (AvgIpc) is 3.27. The minimum absolute atomic E-state index is 0.189. The number of aromatic nitrogens is 1. The molecule has 2 aliphatic rings. The largest absolute Gasteiger partial charge is 0.369 e. The fraction of sp³-hybridized carbons (Fsp3) is 0.364. The van der Waals surface area contributed by atoms with Crippen LogP contribution in [-0.2, 0) is 0 Å². The zero-order valence-corrected chi connectivity index (χ0v) is 16.1. The van der Waals surface area contributed by atoms with E-state index in [9.17, 15) is 14.3 Å². The first kappa shape index (κ1) is 18.3. The number of aliphatic hydroxyl groups excluding tert-OH is 1. The van der Waals surface area contributed by atoms with Gasteiger partial charge in [0.2, 0.25) is 0 Å². The molecule has 0 bridgehead atoms. The molecule has 0 saturated carbocycles. The molecule has 1 saturated heterocycles. The molecule has 0 aliphatic carbocycles. The van der Waals surface area contributed by atoms with Gasteiger partial charge in [0.1, 0.15) is 11.5 Å². The van der Waals surface area contributed by atoms with E-state index >= 15 is 0 Å². The molecule has 3 heterocycles. The highest BCUT2D eigenvalue weighted by atomic mass is 19.1. The molecule has 2 aromatic carbocycles. The lowest BCUT2D eigenvalue weighted by atomic mass is 9.98. The van der Waals surface area contributed by atoms with E-state index in [4.69, 9.17) is 4.52 Å². The molecular formula is C22H22FN3O3. The van der Waals surface area contributed by atoms with Crippen molar-refractivity contribution in [2.45, 2.75) is 38.6 Å². The van der Waals surface area contributed by atoms with Crippen molar-refractivity contribution in [3.8, 4) is 11.3 Å². The first-order valence-corrected chi connectivity index (χ1v) is 9.99. The number of aliphatic hydroxyl groups is 1. The van der Waals surface area contributed by atoms with E-state index in [1.165, 1.54) is 18.6 Å². The maximum Gasteiger partial charge on any atom is 0.257 e. The van der Waals surface area contributed by atoms with Gasteiger partial charge in [0, 0.05) is 41.2 Å². The van der Waals surface area contributed by atoms with E-state index in [0.29, 0.717) is 33.4 Å². The summed E-state index contributed by atoms with van der Waals surface area (Å²) in [5, 5.41) is 15.9. The van der Waals surface area contributed by atoms with Gasteiger partial charge in [0.25, 0.3) is 5.91 Å². The normalized spacial score (nSPS) is 21.0. The van der Waals surface area contributed by atoms with Crippen LogP contribution in [0.25, 0.3) is 22.2 Å². The number of benzene rings is 2. The highest BCUT2D eigenvalue weighted by Gasteiger charge is 2.42. The number of rotatable bonds is 3. The smallest absolute Gasteiger partial charge is 0.257 e. The second-order valence-corrected chi connectivity index (χ2v) is 7.75. The van der Waals surface area contributed by atoms with Crippen LogP contribution in [0.4, 0.5) is 4.39 Å².